The average molecular weight is 373 g/mol. The molecule has 1 unspecified atom stereocenters. The summed E-state index contributed by atoms with van der Waals surface area (Å²) in [7, 11) is 1.28. The number of nitrogens with zero attached hydrogens (tertiary/aromatic N) is 1. The Labute approximate surface area is 154 Å². The van der Waals surface area contributed by atoms with Gasteiger partial charge in [-0.15, -0.1) is 11.3 Å². The van der Waals surface area contributed by atoms with Crippen LogP contribution < -0.4 is 5.32 Å². The van der Waals surface area contributed by atoms with Crippen LogP contribution in [0.25, 0.3) is 21.7 Å². The molecule has 26 heavy (non-hydrogen) atoms. The fourth-order valence-corrected chi connectivity index (χ4v) is 4.88. The number of ether oxygens (including phenoxy) is 1. The van der Waals surface area contributed by atoms with E-state index in [9.17, 15) is 9.18 Å². The molecular formula is C19H20FN3O2S. The molecule has 4 rings (SSSR count). The number of thiophene rings is 1. The Morgan fingerprint density at radius 3 is 2.92 bits per heavy atom. The summed E-state index contributed by atoms with van der Waals surface area (Å²) in [4.78, 5) is 22.0. The Morgan fingerprint density at radius 1 is 1.38 bits per heavy atom. The number of nitrogens with one attached hydrogen (secondary N) is 2. The van der Waals surface area contributed by atoms with Crippen LogP contribution in [0, 0.1) is 11.7 Å². The van der Waals surface area contributed by atoms with Gasteiger partial charge in [-0.05, 0) is 42.6 Å². The van der Waals surface area contributed by atoms with Crippen LogP contribution in [-0.4, -0.2) is 29.6 Å². The van der Waals surface area contributed by atoms with E-state index in [0.717, 1.165) is 23.9 Å². The van der Waals surface area contributed by atoms with Gasteiger partial charge < -0.3 is 15.0 Å². The molecule has 136 valence electrons. The third kappa shape index (κ3) is 2.81. The van der Waals surface area contributed by atoms with Crippen molar-refractivity contribution < 1.29 is 13.9 Å². The SMILES string of the molecule is COC(=O)c1cc(F)cc2[nH]c(-c3cc4c(s3)C(C(C)C)NCC4)nc12. The number of hydrogen-bond acceptors (Lipinski definition) is 5. The van der Waals surface area contributed by atoms with Crippen LogP contribution in [-0.2, 0) is 11.2 Å². The van der Waals surface area contributed by atoms with Gasteiger partial charge in [0.25, 0.3) is 0 Å². The van der Waals surface area contributed by atoms with Gasteiger partial charge in [-0.1, -0.05) is 13.8 Å². The van der Waals surface area contributed by atoms with E-state index < -0.39 is 11.8 Å². The molecule has 5 nitrogen and oxygen atoms in total. The topological polar surface area (TPSA) is 67.0 Å². The zero-order chi connectivity index (χ0) is 18.4. The number of fused-ring (bicyclic) bond motifs is 2. The molecular weight excluding hydrogens is 353 g/mol. The van der Waals surface area contributed by atoms with Crippen molar-refractivity contribution in [1.29, 1.82) is 0 Å². The maximum atomic E-state index is 13.9. The fraction of sp³-hybridized carbons (Fsp3) is 0.368. The molecule has 0 amide bonds. The van der Waals surface area contributed by atoms with E-state index in [1.807, 2.05) is 0 Å². The molecule has 0 spiro atoms. The van der Waals surface area contributed by atoms with E-state index in [2.05, 4.69) is 35.2 Å². The van der Waals surface area contributed by atoms with Gasteiger partial charge in [0.15, 0.2) is 0 Å². The molecule has 0 aliphatic carbocycles. The van der Waals surface area contributed by atoms with Crippen LogP contribution >= 0.6 is 11.3 Å². The third-order valence-electron chi connectivity index (χ3n) is 4.74. The molecule has 0 saturated carbocycles. The molecule has 3 aromatic rings. The number of hydrogen-bond donors (Lipinski definition) is 2. The Balaban J connectivity index is 1.82. The van der Waals surface area contributed by atoms with E-state index in [1.165, 1.54) is 23.6 Å². The van der Waals surface area contributed by atoms with Gasteiger partial charge in [-0.2, -0.15) is 0 Å². The monoisotopic (exact) mass is 373 g/mol. The van der Waals surface area contributed by atoms with E-state index in [-0.39, 0.29) is 5.56 Å². The number of halogens is 1. The van der Waals surface area contributed by atoms with E-state index >= 15 is 0 Å². The molecule has 0 bridgehead atoms. The summed E-state index contributed by atoms with van der Waals surface area (Å²) in [6.07, 6.45) is 0.983. The molecule has 1 aromatic carbocycles. The van der Waals surface area contributed by atoms with Crippen LogP contribution in [0.15, 0.2) is 18.2 Å². The van der Waals surface area contributed by atoms with Crippen LogP contribution in [0.2, 0.25) is 0 Å². The Kier molecular flexibility index (Phi) is 4.28. The smallest absolute Gasteiger partial charge is 0.340 e. The van der Waals surface area contributed by atoms with Gasteiger partial charge in [0.05, 0.1) is 23.1 Å². The number of aromatic nitrogens is 2. The molecule has 2 N–H and O–H groups in total. The van der Waals surface area contributed by atoms with Gasteiger partial charge in [0.1, 0.15) is 17.2 Å². The van der Waals surface area contributed by atoms with Crippen molar-refractivity contribution in [2.75, 3.05) is 13.7 Å². The predicted octanol–water partition coefficient (Wildman–Crippen LogP) is 4.06. The second-order valence-electron chi connectivity index (χ2n) is 6.85. The fourth-order valence-electron chi connectivity index (χ4n) is 3.48. The molecule has 0 radical (unpaired) electrons. The van der Waals surface area contributed by atoms with Crippen molar-refractivity contribution in [3.63, 3.8) is 0 Å². The lowest BCUT2D eigenvalue weighted by atomic mass is 9.95. The van der Waals surface area contributed by atoms with Gasteiger partial charge in [0, 0.05) is 10.9 Å². The summed E-state index contributed by atoms with van der Waals surface area (Å²) in [6, 6.07) is 5.01. The number of esters is 1. The lowest BCUT2D eigenvalue weighted by Crippen LogP contribution is -2.31. The van der Waals surface area contributed by atoms with Crippen LogP contribution in [0.1, 0.15) is 40.7 Å². The lowest BCUT2D eigenvalue weighted by molar-refractivity contribution is 0.0602. The highest BCUT2D eigenvalue weighted by atomic mass is 32.1. The summed E-state index contributed by atoms with van der Waals surface area (Å²) in [6.45, 7) is 5.38. The van der Waals surface area contributed by atoms with Crippen LogP contribution in [0.5, 0.6) is 0 Å². The molecule has 2 aromatic heterocycles. The minimum absolute atomic E-state index is 0.132. The highest BCUT2D eigenvalue weighted by molar-refractivity contribution is 7.15. The molecule has 0 fully saturated rings. The van der Waals surface area contributed by atoms with Crippen molar-refractivity contribution in [2.45, 2.75) is 26.3 Å². The number of carbonyl (C=O) groups excluding carboxylic acids is 1. The highest BCUT2D eigenvalue weighted by Gasteiger charge is 2.26. The number of aromatic amines is 1. The maximum absolute atomic E-state index is 13.9. The number of methoxy groups -OCH3 is 1. The van der Waals surface area contributed by atoms with Crippen molar-refractivity contribution in [3.05, 3.63) is 40.0 Å². The van der Waals surface area contributed by atoms with E-state index in [0.29, 0.717) is 28.8 Å². The number of benzene rings is 1. The Bertz CT molecular complexity index is 992. The summed E-state index contributed by atoms with van der Waals surface area (Å²) < 4.78 is 18.6. The number of imidazole rings is 1. The summed E-state index contributed by atoms with van der Waals surface area (Å²) in [5.41, 5.74) is 2.39. The van der Waals surface area contributed by atoms with E-state index in [4.69, 9.17) is 4.74 Å². The van der Waals surface area contributed by atoms with Gasteiger partial charge >= 0.3 is 5.97 Å². The minimum Gasteiger partial charge on any atom is -0.465 e. The first-order valence-electron chi connectivity index (χ1n) is 8.62. The largest absolute Gasteiger partial charge is 0.465 e. The standard InChI is InChI=1S/C19H20FN3O2S/c1-9(2)15-17-10(4-5-21-15)6-14(26-17)18-22-13-8-11(20)7-12(16(13)23-18)19(24)25-3/h6-9,15,21H,4-5H2,1-3H3,(H,22,23). The van der Waals surface area contributed by atoms with E-state index in [1.54, 1.807) is 11.3 Å². The first kappa shape index (κ1) is 17.2. The molecule has 7 heteroatoms. The van der Waals surface area contributed by atoms with Crippen molar-refractivity contribution in [2.24, 2.45) is 5.92 Å². The first-order chi connectivity index (χ1) is 12.5. The number of H-pyrrole nitrogens is 1. The Hall–Kier alpha value is -2.25. The zero-order valence-corrected chi connectivity index (χ0v) is 15.7. The zero-order valence-electron chi connectivity index (χ0n) is 14.9. The number of carbonyl (C=O) groups is 1. The second-order valence-corrected chi connectivity index (χ2v) is 7.94. The summed E-state index contributed by atoms with van der Waals surface area (Å²) >= 11 is 1.70. The van der Waals surface area contributed by atoms with Gasteiger partial charge in [-0.3, -0.25) is 0 Å². The average Bonchev–Trinajstić information content (AvgIpc) is 3.23. The van der Waals surface area contributed by atoms with Crippen molar-refractivity contribution >= 4 is 28.3 Å². The molecule has 1 aliphatic heterocycles. The normalized spacial score (nSPS) is 16.9. The van der Waals surface area contributed by atoms with Gasteiger partial charge in [-0.25, -0.2) is 14.2 Å². The van der Waals surface area contributed by atoms with Crippen molar-refractivity contribution in [3.8, 4) is 10.7 Å². The Morgan fingerprint density at radius 2 is 2.19 bits per heavy atom. The summed E-state index contributed by atoms with van der Waals surface area (Å²) in [5, 5.41) is 3.57. The molecule has 1 aliphatic rings. The predicted molar refractivity (Wildman–Crippen MR) is 100.0 cm³/mol. The summed E-state index contributed by atoms with van der Waals surface area (Å²) in [5.74, 6) is 0.0543. The van der Waals surface area contributed by atoms with Gasteiger partial charge in [0.2, 0.25) is 0 Å². The number of rotatable bonds is 3. The quantitative estimate of drug-likeness (QED) is 0.680. The molecule has 0 saturated heterocycles. The highest BCUT2D eigenvalue weighted by Crippen LogP contribution is 2.39. The third-order valence-corrected chi connectivity index (χ3v) is 6.01. The first-order valence-corrected chi connectivity index (χ1v) is 9.43. The van der Waals surface area contributed by atoms with Crippen LogP contribution in [0.4, 0.5) is 4.39 Å². The minimum atomic E-state index is -0.595. The second kappa shape index (κ2) is 6.48. The lowest BCUT2D eigenvalue weighted by Gasteiger charge is -2.26. The molecule has 1 atom stereocenters. The maximum Gasteiger partial charge on any atom is 0.340 e. The van der Waals surface area contributed by atoms with Crippen molar-refractivity contribution in [1.82, 2.24) is 15.3 Å². The molecule has 3 heterocycles. The van der Waals surface area contributed by atoms with Crippen LogP contribution in [0.3, 0.4) is 0 Å².